The molecule has 5 rings (SSSR count). The van der Waals surface area contributed by atoms with Crippen LogP contribution in [0.2, 0.25) is 5.15 Å². The highest BCUT2D eigenvalue weighted by atomic mass is 35.5. The number of aromatic nitrogens is 1. The monoisotopic (exact) mass is 496 g/mol. The summed E-state index contributed by atoms with van der Waals surface area (Å²) in [7, 11) is 0. The van der Waals surface area contributed by atoms with Crippen molar-refractivity contribution in [3.63, 3.8) is 0 Å². The van der Waals surface area contributed by atoms with Crippen LogP contribution in [0.3, 0.4) is 0 Å². The maximum atomic E-state index is 13.4. The van der Waals surface area contributed by atoms with E-state index in [9.17, 15) is 4.79 Å². The van der Waals surface area contributed by atoms with Crippen molar-refractivity contribution in [1.82, 2.24) is 9.99 Å². The second kappa shape index (κ2) is 9.86. The number of pyridine rings is 1. The fourth-order valence-electron chi connectivity index (χ4n) is 3.75. The summed E-state index contributed by atoms with van der Waals surface area (Å²) in [5, 5.41) is 7.09. The summed E-state index contributed by atoms with van der Waals surface area (Å²) >= 11 is 8.10. The smallest absolute Gasteiger partial charge is 0.265 e. The van der Waals surface area contributed by atoms with Gasteiger partial charge in [0.05, 0.1) is 11.7 Å². The summed E-state index contributed by atoms with van der Waals surface area (Å²) in [6.45, 7) is 2.02. The van der Waals surface area contributed by atoms with Crippen LogP contribution >= 0.6 is 23.4 Å². The number of aryl methyl sites for hydroxylation is 1. The van der Waals surface area contributed by atoms with Gasteiger partial charge in [-0.2, -0.15) is 10.1 Å². The summed E-state index contributed by atoms with van der Waals surface area (Å²) < 4.78 is 0. The molecule has 3 aromatic carbocycles. The van der Waals surface area contributed by atoms with E-state index in [0.717, 1.165) is 32.5 Å². The van der Waals surface area contributed by atoms with E-state index in [1.807, 2.05) is 92.0 Å². The number of nitrogens with zero attached hydrogens (tertiary/aromatic N) is 4. The zero-order valence-corrected chi connectivity index (χ0v) is 20.7. The zero-order chi connectivity index (χ0) is 24.4. The van der Waals surface area contributed by atoms with Gasteiger partial charge >= 0.3 is 0 Å². The highest BCUT2D eigenvalue weighted by molar-refractivity contribution is 7.98. The number of amidine groups is 1. The van der Waals surface area contributed by atoms with Gasteiger partial charge in [0.1, 0.15) is 10.9 Å². The molecular formula is C28H21ClN4OS. The standard InChI is InChI=1S/C28H21ClN4OS/c1-18-8-13-24-21(14-18)16-22(26(29)31-24)17-30-33-27(20-6-4-3-5-7-20)32-25(28(33)34)15-19-9-11-23(35-2)12-10-19/h3-17H,1-2H3/b25-15-,30-17+. The number of fused-ring (bicyclic) bond motifs is 1. The number of carbonyl (C=O) groups is 1. The van der Waals surface area contributed by atoms with Crippen LogP contribution in [0.4, 0.5) is 0 Å². The number of hydrogen-bond acceptors (Lipinski definition) is 5. The first-order chi connectivity index (χ1) is 17.0. The number of benzene rings is 3. The van der Waals surface area contributed by atoms with E-state index >= 15 is 0 Å². The Morgan fingerprint density at radius 3 is 2.51 bits per heavy atom. The quantitative estimate of drug-likeness (QED) is 0.136. The Kier molecular flexibility index (Phi) is 6.49. The summed E-state index contributed by atoms with van der Waals surface area (Å²) in [5.74, 6) is 0.148. The summed E-state index contributed by atoms with van der Waals surface area (Å²) in [6.07, 6.45) is 5.36. The Morgan fingerprint density at radius 2 is 1.77 bits per heavy atom. The molecule has 0 radical (unpaired) electrons. The van der Waals surface area contributed by atoms with E-state index in [2.05, 4.69) is 15.1 Å². The number of halogens is 1. The predicted molar refractivity (Wildman–Crippen MR) is 145 cm³/mol. The number of aliphatic imine (C=N–C) groups is 1. The number of rotatable bonds is 5. The largest absolute Gasteiger partial charge is 0.298 e. The van der Waals surface area contributed by atoms with Gasteiger partial charge in [0.25, 0.3) is 5.91 Å². The first kappa shape index (κ1) is 23.0. The average Bonchev–Trinajstić information content (AvgIpc) is 3.18. The second-order valence-corrected chi connectivity index (χ2v) is 9.27. The number of thioether (sulfide) groups is 1. The number of hydrogen-bond donors (Lipinski definition) is 0. The van der Waals surface area contributed by atoms with Crippen LogP contribution in [0, 0.1) is 6.92 Å². The van der Waals surface area contributed by atoms with Gasteiger partial charge in [-0.3, -0.25) is 4.79 Å². The third-order valence-corrected chi connectivity index (χ3v) is 6.60. The molecule has 0 saturated heterocycles. The van der Waals surface area contributed by atoms with Gasteiger partial charge in [-0.15, -0.1) is 11.8 Å². The van der Waals surface area contributed by atoms with Crippen LogP contribution < -0.4 is 0 Å². The summed E-state index contributed by atoms with van der Waals surface area (Å²) in [6, 6.07) is 25.4. The Balaban J connectivity index is 1.53. The van der Waals surface area contributed by atoms with Crippen molar-refractivity contribution >= 4 is 58.3 Å². The molecule has 4 aromatic rings. The zero-order valence-electron chi connectivity index (χ0n) is 19.1. The molecule has 0 fully saturated rings. The molecule has 0 unspecified atom stereocenters. The maximum absolute atomic E-state index is 13.4. The Bertz CT molecular complexity index is 1510. The Labute approximate surface area is 212 Å². The molecule has 0 spiro atoms. The first-order valence-electron chi connectivity index (χ1n) is 11.0. The molecule has 0 aliphatic carbocycles. The van der Waals surface area contributed by atoms with Crippen LogP contribution in [-0.4, -0.2) is 34.2 Å². The SMILES string of the molecule is CSc1ccc(/C=C2\N=C(c3ccccc3)N(/N=C/c3cc4cc(C)ccc4nc3Cl)C2=O)cc1. The normalized spacial score (nSPS) is 14.9. The van der Waals surface area contributed by atoms with Crippen molar-refractivity contribution < 1.29 is 4.79 Å². The van der Waals surface area contributed by atoms with E-state index in [1.54, 1.807) is 24.1 Å². The molecule has 2 heterocycles. The van der Waals surface area contributed by atoms with Gasteiger partial charge in [-0.05, 0) is 55.2 Å². The number of amides is 1. The molecule has 1 aliphatic rings. The first-order valence-corrected chi connectivity index (χ1v) is 12.6. The minimum absolute atomic E-state index is 0.310. The third-order valence-electron chi connectivity index (χ3n) is 5.55. The highest BCUT2D eigenvalue weighted by Gasteiger charge is 2.31. The van der Waals surface area contributed by atoms with Crippen LogP contribution in [0.1, 0.15) is 22.3 Å². The van der Waals surface area contributed by atoms with Gasteiger partial charge in [0.15, 0.2) is 5.84 Å². The average molecular weight is 497 g/mol. The molecule has 1 aromatic heterocycles. The topological polar surface area (TPSA) is 57.9 Å². The van der Waals surface area contributed by atoms with E-state index in [0.29, 0.717) is 22.2 Å². The van der Waals surface area contributed by atoms with E-state index in [1.165, 1.54) is 5.01 Å². The maximum Gasteiger partial charge on any atom is 0.298 e. The highest BCUT2D eigenvalue weighted by Crippen LogP contribution is 2.25. The van der Waals surface area contributed by atoms with Crippen LogP contribution in [0.25, 0.3) is 17.0 Å². The van der Waals surface area contributed by atoms with Gasteiger partial charge in [0, 0.05) is 21.4 Å². The summed E-state index contributed by atoms with van der Waals surface area (Å²) in [4.78, 5) is 23.6. The van der Waals surface area contributed by atoms with Crippen LogP contribution in [0.15, 0.2) is 99.5 Å². The van der Waals surface area contributed by atoms with Crippen molar-refractivity contribution in [1.29, 1.82) is 0 Å². The van der Waals surface area contributed by atoms with Crippen molar-refractivity contribution in [3.8, 4) is 0 Å². The van der Waals surface area contributed by atoms with Crippen molar-refractivity contribution in [3.05, 3.63) is 112 Å². The molecule has 0 N–H and O–H groups in total. The molecule has 1 aliphatic heterocycles. The number of hydrazone groups is 1. The molecule has 172 valence electrons. The van der Waals surface area contributed by atoms with Crippen molar-refractivity contribution in [2.24, 2.45) is 10.1 Å². The minimum Gasteiger partial charge on any atom is -0.265 e. The Morgan fingerprint density at radius 1 is 1.00 bits per heavy atom. The summed E-state index contributed by atoms with van der Waals surface area (Å²) in [5.41, 5.74) is 4.55. The predicted octanol–water partition coefficient (Wildman–Crippen LogP) is 6.58. The van der Waals surface area contributed by atoms with Crippen molar-refractivity contribution in [2.45, 2.75) is 11.8 Å². The van der Waals surface area contributed by atoms with E-state index in [-0.39, 0.29) is 5.91 Å². The lowest BCUT2D eigenvalue weighted by molar-refractivity contribution is -0.122. The molecule has 5 nitrogen and oxygen atoms in total. The van der Waals surface area contributed by atoms with Gasteiger partial charge in [0.2, 0.25) is 0 Å². The van der Waals surface area contributed by atoms with Crippen molar-refractivity contribution in [2.75, 3.05) is 6.26 Å². The third kappa shape index (κ3) is 4.90. The van der Waals surface area contributed by atoms with Crippen LogP contribution in [-0.2, 0) is 4.79 Å². The van der Waals surface area contributed by atoms with E-state index < -0.39 is 0 Å². The van der Waals surface area contributed by atoms with Crippen LogP contribution in [0.5, 0.6) is 0 Å². The molecule has 1 amide bonds. The molecule has 0 bridgehead atoms. The number of carbonyl (C=O) groups excluding carboxylic acids is 1. The lowest BCUT2D eigenvalue weighted by Crippen LogP contribution is -2.27. The Hall–Kier alpha value is -3.74. The molecule has 7 heteroatoms. The van der Waals surface area contributed by atoms with Gasteiger partial charge in [-0.25, -0.2) is 9.98 Å². The van der Waals surface area contributed by atoms with Gasteiger partial charge < -0.3 is 0 Å². The molecule has 0 atom stereocenters. The second-order valence-electron chi connectivity index (χ2n) is 8.03. The molecule has 0 saturated carbocycles. The molecule has 35 heavy (non-hydrogen) atoms. The minimum atomic E-state index is -0.310. The lowest BCUT2D eigenvalue weighted by Gasteiger charge is -2.12. The fraction of sp³-hybridized carbons (Fsp3) is 0.0714. The molecular weight excluding hydrogens is 476 g/mol. The lowest BCUT2D eigenvalue weighted by atomic mass is 10.1. The van der Waals surface area contributed by atoms with E-state index in [4.69, 9.17) is 11.6 Å². The fourth-order valence-corrected chi connectivity index (χ4v) is 4.35. The van der Waals surface area contributed by atoms with Gasteiger partial charge in [-0.1, -0.05) is 65.7 Å².